The minimum atomic E-state index is -3.92. The molecule has 0 heterocycles. The van der Waals surface area contributed by atoms with Crippen LogP contribution in [-0.4, -0.2) is 13.3 Å². The van der Waals surface area contributed by atoms with E-state index in [-0.39, 0.29) is 16.3 Å². The Labute approximate surface area is 164 Å². The molecule has 0 aliphatic carbocycles. The first-order valence-electron chi connectivity index (χ1n) is 7.33. The molecule has 0 N–H and O–H groups in total. The minimum Gasteiger partial charge on any atom is -0.379 e. The molecule has 3 aromatic rings. The van der Waals surface area contributed by atoms with Gasteiger partial charge >= 0.3 is 10.1 Å². The van der Waals surface area contributed by atoms with Gasteiger partial charge in [-0.2, -0.15) is 8.42 Å². The monoisotopic (exact) mass is 483 g/mol. The number of hydrogen-bond donors (Lipinski definition) is 0. The summed E-state index contributed by atoms with van der Waals surface area (Å²) in [6, 6.07) is 22.7. The first-order valence-corrected chi connectivity index (χ1v) is 9.82. The standard InChI is InChI=1S/C12H9NO5S.C6H5I/c14-13(15)10-6-8-11(9-7-10)18-19(16,17)12-4-2-1-3-5-12;7-6-4-2-1-3-5-6/h1-9H;1-5H. The summed E-state index contributed by atoms with van der Waals surface area (Å²) in [7, 11) is -3.92. The highest BCUT2D eigenvalue weighted by Gasteiger charge is 2.16. The molecular formula is C18H14INO5S. The molecule has 0 aliphatic heterocycles. The van der Waals surface area contributed by atoms with Gasteiger partial charge in [-0.25, -0.2) is 0 Å². The highest BCUT2D eigenvalue weighted by atomic mass is 127. The Kier molecular flexibility index (Phi) is 7.10. The van der Waals surface area contributed by atoms with E-state index in [1.165, 1.54) is 40.0 Å². The van der Waals surface area contributed by atoms with E-state index in [9.17, 15) is 18.5 Å². The topological polar surface area (TPSA) is 86.5 Å². The highest BCUT2D eigenvalue weighted by Crippen LogP contribution is 2.21. The van der Waals surface area contributed by atoms with Crippen LogP contribution in [0.1, 0.15) is 0 Å². The molecule has 26 heavy (non-hydrogen) atoms. The average molecular weight is 483 g/mol. The summed E-state index contributed by atoms with van der Waals surface area (Å²) in [6.07, 6.45) is 0. The zero-order valence-corrected chi connectivity index (χ0v) is 16.3. The van der Waals surface area contributed by atoms with Crippen molar-refractivity contribution in [2.45, 2.75) is 4.90 Å². The number of hydrogen-bond acceptors (Lipinski definition) is 5. The largest absolute Gasteiger partial charge is 0.379 e. The second-order valence-electron chi connectivity index (χ2n) is 4.90. The lowest BCUT2D eigenvalue weighted by Crippen LogP contribution is -2.09. The molecule has 0 saturated heterocycles. The van der Waals surface area contributed by atoms with Gasteiger partial charge in [0.25, 0.3) is 5.69 Å². The third kappa shape index (κ3) is 6.12. The lowest BCUT2D eigenvalue weighted by atomic mass is 10.3. The van der Waals surface area contributed by atoms with Crippen molar-refractivity contribution in [3.05, 3.63) is 98.6 Å². The zero-order chi connectivity index (χ0) is 19.0. The molecule has 0 aromatic heterocycles. The van der Waals surface area contributed by atoms with Crippen LogP contribution in [0.5, 0.6) is 5.75 Å². The van der Waals surface area contributed by atoms with Crippen molar-refractivity contribution in [2.75, 3.05) is 0 Å². The molecular weight excluding hydrogens is 469 g/mol. The summed E-state index contributed by atoms with van der Waals surface area (Å²) in [5.41, 5.74) is -0.135. The predicted molar refractivity (Wildman–Crippen MR) is 107 cm³/mol. The summed E-state index contributed by atoms with van der Waals surface area (Å²) < 4.78 is 29.9. The maximum atomic E-state index is 11.9. The fourth-order valence-corrected chi connectivity index (χ4v) is 3.17. The van der Waals surface area contributed by atoms with Crippen LogP contribution < -0.4 is 4.18 Å². The van der Waals surface area contributed by atoms with Gasteiger partial charge in [0, 0.05) is 15.7 Å². The molecule has 3 rings (SSSR count). The molecule has 0 fully saturated rings. The normalized spacial score (nSPS) is 10.3. The van der Waals surface area contributed by atoms with Crippen LogP contribution in [0.3, 0.4) is 0 Å². The van der Waals surface area contributed by atoms with Crippen LogP contribution in [0.15, 0.2) is 89.8 Å². The van der Waals surface area contributed by atoms with E-state index >= 15 is 0 Å². The molecule has 0 amide bonds. The van der Waals surface area contributed by atoms with Gasteiger partial charge in [-0.1, -0.05) is 36.4 Å². The van der Waals surface area contributed by atoms with Crippen molar-refractivity contribution in [1.82, 2.24) is 0 Å². The van der Waals surface area contributed by atoms with E-state index in [0.717, 1.165) is 0 Å². The maximum absolute atomic E-state index is 11.9. The molecule has 0 unspecified atom stereocenters. The fourth-order valence-electron chi connectivity index (χ4n) is 1.80. The first kappa shape index (κ1) is 19.9. The Morgan fingerprint density at radius 3 is 1.73 bits per heavy atom. The minimum absolute atomic E-state index is 0.0216. The van der Waals surface area contributed by atoms with Crippen molar-refractivity contribution < 1.29 is 17.5 Å². The predicted octanol–water partition coefficient (Wildman–Crippen LogP) is 4.65. The van der Waals surface area contributed by atoms with E-state index in [0.29, 0.717) is 0 Å². The molecule has 0 saturated carbocycles. The number of rotatable bonds is 4. The fraction of sp³-hybridized carbons (Fsp3) is 0. The van der Waals surface area contributed by atoms with E-state index in [2.05, 4.69) is 34.7 Å². The first-order chi connectivity index (χ1) is 12.4. The smallest absolute Gasteiger partial charge is 0.339 e. The molecule has 3 aromatic carbocycles. The van der Waals surface area contributed by atoms with Crippen molar-refractivity contribution in [2.24, 2.45) is 0 Å². The average Bonchev–Trinajstić information content (AvgIpc) is 2.64. The second-order valence-corrected chi connectivity index (χ2v) is 7.69. The molecule has 0 atom stereocenters. The van der Waals surface area contributed by atoms with Gasteiger partial charge in [0.05, 0.1) is 4.92 Å². The lowest BCUT2D eigenvalue weighted by molar-refractivity contribution is -0.384. The second kappa shape index (κ2) is 9.30. The zero-order valence-electron chi connectivity index (χ0n) is 13.4. The molecule has 6 nitrogen and oxygen atoms in total. The summed E-state index contributed by atoms with van der Waals surface area (Å²) >= 11 is 2.28. The quantitative estimate of drug-likeness (QED) is 0.233. The van der Waals surface area contributed by atoms with Gasteiger partial charge in [0.2, 0.25) is 0 Å². The lowest BCUT2D eigenvalue weighted by Gasteiger charge is -2.06. The van der Waals surface area contributed by atoms with Gasteiger partial charge in [0.15, 0.2) is 0 Å². The summed E-state index contributed by atoms with van der Waals surface area (Å²) in [4.78, 5) is 9.91. The Morgan fingerprint density at radius 2 is 1.31 bits per heavy atom. The van der Waals surface area contributed by atoms with Crippen molar-refractivity contribution >= 4 is 38.4 Å². The molecule has 8 heteroatoms. The van der Waals surface area contributed by atoms with Gasteiger partial charge < -0.3 is 4.18 Å². The SMILES string of the molecule is Ic1ccccc1.O=[N+]([O-])c1ccc(OS(=O)(=O)c2ccccc2)cc1. The Morgan fingerprint density at radius 1 is 0.808 bits per heavy atom. The summed E-state index contributed by atoms with van der Waals surface area (Å²) in [6.45, 7) is 0. The third-order valence-electron chi connectivity index (χ3n) is 3.02. The van der Waals surface area contributed by atoms with Crippen molar-refractivity contribution in [3.8, 4) is 5.75 Å². The van der Waals surface area contributed by atoms with Crippen LogP contribution in [0.2, 0.25) is 0 Å². The van der Waals surface area contributed by atoms with Gasteiger partial charge in [-0.15, -0.1) is 0 Å². The molecule has 0 aliphatic rings. The molecule has 134 valence electrons. The van der Waals surface area contributed by atoms with E-state index in [4.69, 9.17) is 4.18 Å². The van der Waals surface area contributed by atoms with Gasteiger partial charge in [-0.3, -0.25) is 10.1 Å². The van der Waals surface area contributed by atoms with E-state index in [1.54, 1.807) is 18.2 Å². The molecule has 0 radical (unpaired) electrons. The Bertz CT molecular complexity index is 946. The number of nitrogens with zero attached hydrogens (tertiary/aromatic N) is 1. The Balaban J connectivity index is 0.000000290. The maximum Gasteiger partial charge on any atom is 0.339 e. The number of halogens is 1. The summed E-state index contributed by atoms with van der Waals surface area (Å²) in [5, 5.41) is 10.5. The van der Waals surface area contributed by atoms with Gasteiger partial charge in [0.1, 0.15) is 10.6 Å². The van der Waals surface area contributed by atoms with Crippen molar-refractivity contribution in [3.63, 3.8) is 0 Å². The number of nitro groups is 1. The van der Waals surface area contributed by atoms with Crippen LogP contribution in [-0.2, 0) is 10.1 Å². The Hall–Kier alpha value is -2.46. The van der Waals surface area contributed by atoms with Gasteiger partial charge in [-0.05, 0) is 59.0 Å². The number of non-ortho nitro benzene ring substituents is 1. The highest BCUT2D eigenvalue weighted by molar-refractivity contribution is 14.1. The van der Waals surface area contributed by atoms with Crippen LogP contribution in [0.4, 0.5) is 5.69 Å². The van der Waals surface area contributed by atoms with Crippen molar-refractivity contribution in [1.29, 1.82) is 0 Å². The number of benzene rings is 3. The van der Waals surface area contributed by atoms with Crippen LogP contribution >= 0.6 is 22.6 Å². The number of nitro benzene ring substituents is 1. The van der Waals surface area contributed by atoms with E-state index in [1.807, 2.05) is 18.2 Å². The third-order valence-corrected chi connectivity index (χ3v) is 5.00. The summed E-state index contributed by atoms with van der Waals surface area (Å²) in [5.74, 6) is 0.0226. The van der Waals surface area contributed by atoms with E-state index < -0.39 is 15.0 Å². The molecule has 0 bridgehead atoms. The van der Waals surface area contributed by atoms with Crippen LogP contribution in [0, 0.1) is 13.7 Å². The van der Waals surface area contributed by atoms with Crippen LogP contribution in [0.25, 0.3) is 0 Å². The molecule has 0 spiro atoms.